The van der Waals surface area contributed by atoms with Crippen LogP contribution in [0.25, 0.3) is 0 Å². The first-order valence-electron chi connectivity index (χ1n) is 10.6. The number of hydrogen-bond acceptors (Lipinski definition) is 5. The first-order chi connectivity index (χ1) is 16.5. The van der Waals surface area contributed by atoms with Gasteiger partial charge in [-0.05, 0) is 66.1 Å². The maximum absolute atomic E-state index is 13.2. The summed E-state index contributed by atoms with van der Waals surface area (Å²) >= 11 is 8.79. The number of anilines is 1. The van der Waals surface area contributed by atoms with Gasteiger partial charge in [-0.1, -0.05) is 66.3 Å². The summed E-state index contributed by atoms with van der Waals surface area (Å²) < 4.78 is 13.2. The van der Waals surface area contributed by atoms with Crippen LogP contribution in [-0.4, -0.2) is 15.9 Å². The Balaban J connectivity index is 1.58. The second kappa shape index (κ2) is 11.5. The van der Waals surface area contributed by atoms with Gasteiger partial charge in [-0.15, -0.1) is 0 Å². The van der Waals surface area contributed by atoms with E-state index >= 15 is 0 Å². The summed E-state index contributed by atoms with van der Waals surface area (Å²) in [6.07, 6.45) is 2.59. The number of carbonyl (C=O) groups is 1. The monoisotopic (exact) mass is 509 g/mol. The number of halogens is 2. The van der Waals surface area contributed by atoms with Crippen molar-refractivity contribution in [3.05, 3.63) is 107 Å². The van der Waals surface area contributed by atoms with E-state index < -0.39 is 0 Å². The third-order valence-corrected chi connectivity index (χ3v) is 7.10. The zero-order valence-electron chi connectivity index (χ0n) is 18.3. The number of thioether (sulfide) groups is 1. The van der Waals surface area contributed by atoms with Gasteiger partial charge in [-0.25, -0.2) is 14.4 Å². The molecule has 0 aliphatic heterocycles. The molecule has 0 bridgehead atoms. The fraction of sp³-hybridized carbons (Fsp3) is 0.115. The van der Waals surface area contributed by atoms with Crippen LogP contribution in [0.15, 0.2) is 93.9 Å². The van der Waals surface area contributed by atoms with Crippen molar-refractivity contribution in [3.63, 3.8) is 0 Å². The highest BCUT2D eigenvalue weighted by atomic mass is 35.5. The third-order valence-electron chi connectivity index (χ3n) is 4.89. The summed E-state index contributed by atoms with van der Waals surface area (Å²) in [6, 6.07) is 21.4. The minimum absolute atomic E-state index is 0.278. The van der Waals surface area contributed by atoms with E-state index in [1.807, 2.05) is 36.4 Å². The third kappa shape index (κ3) is 6.59. The molecule has 172 valence electrons. The highest BCUT2D eigenvalue weighted by Gasteiger charge is 2.17. The van der Waals surface area contributed by atoms with Crippen molar-refractivity contribution in [2.75, 3.05) is 5.32 Å². The summed E-state index contributed by atoms with van der Waals surface area (Å²) in [4.78, 5) is 23.8. The predicted octanol–water partition coefficient (Wildman–Crippen LogP) is 7.53. The fourth-order valence-corrected chi connectivity index (χ4v) is 4.80. The quantitative estimate of drug-likeness (QED) is 0.196. The largest absolute Gasteiger partial charge is 0.321 e. The van der Waals surface area contributed by atoms with Crippen molar-refractivity contribution in [2.24, 2.45) is 0 Å². The number of nitrogens with zero attached hydrogens (tertiary/aromatic N) is 2. The van der Waals surface area contributed by atoms with Gasteiger partial charge in [0.25, 0.3) is 5.91 Å². The van der Waals surface area contributed by atoms with Gasteiger partial charge in [0, 0.05) is 27.6 Å². The molecule has 1 N–H and O–H groups in total. The zero-order chi connectivity index (χ0) is 23.9. The standard InChI is InChI=1S/C26H21ClFN3OS2/c1-2-17-5-11-21(12-6-17)30-25(32)24-23(34-22-13-7-19(27)8-14-22)15-29-26(31-24)33-16-18-3-9-20(28)10-4-18/h3-15H,2,16H2,1H3,(H,30,32). The van der Waals surface area contributed by atoms with Crippen LogP contribution in [0.1, 0.15) is 28.5 Å². The van der Waals surface area contributed by atoms with Crippen LogP contribution in [0.2, 0.25) is 5.02 Å². The van der Waals surface area contributed by atoms with E-state index in [2.05, 4.69) is 22.2 Å². The lowest BCUT2D eigenvalue weighted by molar-refractivity contribution is 0.101. The van der Waals surface area contributed by atoms with Crippen molar-refractivity contribution in [3.8, 4) is 0 Å². The molecule has 1 aromatic heterocycles. The Bertz CT molecular complexity index is 1270. The van der Waals surface area contributed by atoms with Crippen LogP contribution in [0.5, 0.6) is 0 Å². The van der Waals surface area contributed by atoms with Gasteiger partial charge in [0.1, 0.15) is 11.5 Å². The molecule has 3 aromatic carbocycles. The molecule has 4 nitrogen and oxygen atoms in total. The Hall–Kier alpha value is -2.87. The van der Waals surface area contributed by atoms with E-state index in [-0.39, 0.29) is 17.4 Å². The average molecular weight is 510 g/mol. The van der Waals surface area contributed by atoms with Gasteiger partial charge in [0.2, 0.25) is 0 Å². The molecule has 0 atom stereocenters. The lowest BCUT2D eigenvalue weighted by Crippen LogP contribution is -2.16. The van der Waals surface area contributed by atoms with Crippen molar-refractivity contribution >= 4 is 46.7 Å². The molecule has 0 saturated heterocycles. The molecule has 0 spiro atoms. The summed E-state index contributed by atoms with van der Waals surface area (Å²) in [5.41, 5.74) is 3.12. The number of rotatable bonds is 8. The van der Waals surface area contributed by atoms with Gasteiger partial charge in [-0.3, -0.25) is 4.79 Å². The number of aryl methyl sites for hydroxylation is 1. The molecule has 8 heteroatoms. The second-order valence-electron chi connectivity index (χ2n) is 7.34. The van der Waals surface area contributed by atoms with Crippen LogP contribution in [0.4, 0.5) is 10.1 Å². The Morgan fingerprint density at radius 2 is 1.65 bits per heavy atom. The molecule has 0 aliphatic carbocycles. The average Bonchev–Trinajstić information content (AvgIpc) is 2.86. The van der Waals surface area contributed by atoms with Crippen molar-refractivity contribution in [2.45, 2.75) is 34.0 Å². The molecular weight excluding hydrogens is 489 g/mol. The molecule has 4 aromatic rings. The van der Waals surface area contributed by atoms with Gasteiger partial charge in [-0.2, -0.15) is 0 Å². The first kappa shape index (κ1) is 24.3. The number of amides is 1. The zero-order valence-corrected chi connectivity index (χ0v) is 20.7. The number of aromatic nitrogens is 2. The number of carbonyl (C=O) groups excluding carboxylic acids is 1. The highest BCUT2D eigenvalue weighted by Crippen LogP contribution is 2.32. The number of benzene rings is 3. The fourth-order valence-electron chi connectivity index (χ4n) is 3.03. The van der Waals surface area contributed by atoms with Gasteiger partial charge >= 0.3 is 0 Å². The van der Waals surface area contributed by atoms with Crippen LogP contribution < -0.4 is 5.32 Å². The van der Waals surface area contributed by atoms with E-state index in [1.54, 1.807) is 30.5 Å². The second-order valence-corrected chi connectivity index (χ2v) is 9.84. The van der Waals surface area contributed by atoms with Crippen molar-refractivity contribution in [1.82, 2.24) is 9.97 Å². The summed E-state index contributed by atoms with van der Waals surface area (Å²) in [7, 11) is 0. The number of hydrogen-bond donors (Lipinski definition) is 1. The normalized spacial score (nSPS) is 10.8. The molecule has 0 unspecified atom stereocenters. The van der Waals surface area contributed by atoms with Crippen LogP contribution in [-0.2, 0) is 12.2 Å². The number of nitrogens with one attached hydrogen (secondary N) is 1. The molecule has 1 amide bonds. The van der Waals surface area contributed by atoms with Crippen molar-refractivity contribution < 1.29 is 9.18 Å². The molecule has 34 heavy (non-hydrogen) atoms. The van der Waals surface area contributed by atoms with E-state index in [9.17, 15) is 9.18 Å². The molecule has 0 radical (unpaired) electrons. The van der Waals surface area contributed by atoms with Gasteiger partial charge in [0.05, 0.1) is 4.90 Å². The van der Waals surface area contributed by atoms with Gasteiger partial charge in [0.15, 0.2) is 5.16 Å². The van der Waals surface area contributed by atoms with E-state index in [4.69, 9.17) is 11.6 Å². The minimum atomic E-state index is -0.313. The van der Waals surface area contributed by atoms with E-state index in [0.29, 0.717) is 26.5 Å². The van der Waals surface area contributed by atoms with Gasteiger partial charge < -0.3 is 5.32 Å². The SMILES string of the molecule is CCc1ccc(NC(=O)c2nc(SCc3ccc(F)cc3)ncc2Sc2ccc(Cl)cc2)cc1. The smallest absolute Gasteiger partial charge is 0.275 e. The topological polar surface area (TPSA) is 54.9 Å². The van der Waals surface area contributed by atoms with Crippen LogP contribution in [0.3, 0.4) is 0 Å². The highest BCUT2D eigenvalue weighted by molar-refractivity contribution is 7.99. The maximum Gasteiger partial charge on any atom is 0.275 e. The Labute approximate surface area is 211 Å². The Morgan fingerprint density at radius 1 is 0.971 bits per heavy atom. The van der Waals surface area contributed by atoms with Crippen LogP contribution >= 0.6 is 35.1 Å². The minimum Gasteiger partial charge on any atom is -0.321 e. The lowest BCUT2D eigenvalue weighted by Gasteiger charge is -2.11. The molecule has 4 rings (SSSR count). The molecule has 1 heterocycles. The Morgan fingerprint density at radius 3 is 2.32 bits per heavy atom. The first-order valence-corrected chi connectivity index (χ1v) is 12.8. The van der Waals surface area contributed by atoms with Crippen LogP contribution in [0, 0.1) is 5.82 Å². The van der Waals surface area contributed by atoms with E-state index in [1.165, 1.54) is 41.2 Å². The maximum atomic E-state index is 13.2. The molecule has 0 aliphatic rings. The summed E-state index contributed by atoms with van der Waals surface area (Å²) in [5.74, 6) is -0.0324. The van der Waals surface area contributed by atoms with E-state index in [0.717, 1.165) is 16.9 Å². The van der Waals surface area contributed by atoms with Crippen molar-refractivity contribution in [1.29, 1.82) is 0 Å². The summed E-state index contributed by atoms with van der Waals surface area (Å²) in [5, 5.41) is 4.05. The summed E-state index contributed by atoms with van der Waals surface area (Å²) in [6.45, 7) is 2.08. The Kier molecular flexibility index (Phi) is 8.21. The molecular formula is C26H21ClFN3OS2. The predicted molar refractivity (Wildman–Crippen MR) is 137 cm³/mol. The lowest BCUT2D eigenvalue weighted by atomic mass is 10.1. The molecule has 0 saturated carbocycles. The molecule has 0 fully saturated rings.